The Balaban J connectivity index is 3.01. The van der Waals surface area contributed by atoms with Crippen molar-refractivity contribution in [1.82, 2.24) is 4.98 Å². The second kappa shape index (κ2) is 4.06. The van der Waals surface area contributed by atoms with Gasteiger partial charge in [-0.1, -0.05) is 11.6 Å². The van der Waals surface area contributed by atoms with E-state index in [2.05, 4.69) is 10.3 Å². The van der Waals surface area contributed by atoms with Gasteiger partial charge >= 0.3 is 5.97 Å². The number of hydrogen-bond acceptors (Lipinski definition) is 3. The first-order chi connectivity index (χ1) is 6.50. The van der Waals surface area contributed by atoms with Crippen molar-refractivity contribution in [1.29, 1.82) is 0 Å². The van der Waals surface area contributed by atoms with E-state index in [0.717, 1.165) is 6.20 Å². The molecule has 1 rings (SSSR count). The predicted molar refractivity (Wildman–Crippen MR) is 50.5 cm³/mol. The van der Waals surface area contributed by atoms with Crippen LogP contribution in [-0.2, 0) is 4.79 Å². The first-order valence-electron chi connectivity index (χ1n) is 3.67. The smallest absolute Gasteiger partial charge is 0.337 e. The summed E-state index contributed by atoms with van der Waals surface area (Å²) in [4.78, 5) is 24.9. The monoisotopic (exact) mass is 214 g/mol. The summed E-state index contributed by atoms with van der Waals surface area (Å²) < 4.78 is 0. The zero-order chi connectivity index (χ0) is 10.7. The van der Waals surface area contributed by atoms with E-state index < -0.39 is 5.97 Å². The summed E-state index contributed by atoms with van der Waals surface area (Å²) in [5.41, 5.74) is -0.0240. The first-order valence-corrected chi connectivity index (χ1v) is 4.05. The van der Waals surface area contributed by atoms with E-state index in [-0.39, 0.29) is 22.3 Å². The number of pyridine rings is 1. The Labute approximate surface area is 84.7 Å². The van der Waals surface area contributed by atoms with Gasteiger partial charge in [0.25, 0.3) is 0 Å². The lowest BCUT2D eigenvalue weighted by molar-refractivity contribution is -0.114. The van der Waals surface area contributed by atoms with Crippen LogP contribution in [-0.4, -0.2) is 22.0 Å². The molecule has 0 aliphatic rings. The molecule has 0 aliphatic heterocycles. The molecule has 0 unspecified atom stereocenters. The van der Waals surface area contributed by atoms with E-state index in [0.29, 0.717) is 0 Å². The molecule has 1 amide bonds. The highest BCUT2D eigenvalue weighted by atomic mass is 35.5. The number of aromatic nitrogens is 1. The van der Waals surface area contributed by atoms with Gasteiger partial charge in [0.2, 0.25) is 5.91 Å². The van der Waals surface area contributed by atoms with Gasteiger partial charge in [-0.05, 0) is 6.07 Å². The molecule has 1 aromatic rings. The second-order valence-electron chi connectivity index (χ2n) is 2.54. The molecule has 0 atom stereocenters. The fraction of sp³-hybridized carbons (Fsp3) is 0.125. The summed E-state index contributed by atoms with van der Waals surface area (Å²) in [6.07, 6.45) is 1.12. The number of nitrogens with one attached hydrogen (secondary N) is 1. The minimum absolute atomic E-state index is 0.0240. The number of carbonyl (C=O) groups is 2. The SMILES string of the molecule is CC(=O)Nc1ncc(C(=O)O)cc1Cl. The fourth-order valence-electron chi connectivity index (χ4n) is 0.814. The van der Waals surface area contributed by atoms with Crippen molar-refractivity contribution in [2.24, 2.45) is 0 Å². The quantitative estimate of drug-likeness (QED) is 0.780. The zero-order valence-electron chi connectivity index (χ0n) is 7.24. The molecule has 6 heteroatoms. The molecule has 0 spiro atoms. The molecule has 0 saturated heterocycles. The highest BCUT2D eigenvalue weighted by Gasteiger charge is 2.08. The number of aromatic carboxylic acids is 1. The first kappa shape index (κ1) is 10.5. The Kier molecular flexibility index (Phi) is 3.03. The summed E-state index contributed by atoms with van der Waals surface area (Å²) in [7, 11) is 0. The third-order valence-corrected chi connectivity index (χ3v) is 1.67. The van der Waals surface area contributed by atoms with Gasteiger partial charge in [-0.3, -0.25) is 4.79 Å². The third kappa shape index (κ3) is 2.43. The Hall–Kier alpha value is -1.62. The number of halogens is 1. The lowest BCUT2D eigenvalue weighted by Crippen LogP contribution is -2.09. The van der Waals surface area contributed by atoms with Crippen LogP contribution in [0.15, 0.2) is 12.3 Å². The van der Waals surface area contributed by atoms with Crippen molar-refractivity contribution in [3.63, 3.8) is 0 Å². The van der Waals surface area contributed by atoms with Crippen molar-refractivity contribution < 1.29 is 14.7 Å². The van der Waals surface area contributed by atoms with Crippen LogP contribution in [0.5, 0.6) is 0 Å². The molecule has 1 heterocycles. The number of amides is 1. The summed E-state index contributed by atoms with van der Waals surface area (Å²) in [6, 6.07) is 1.22. The zero-order valence-corrected chi connectivity index (χ0v) is 8.00. The molecule has 0 saturated carbocycles. The molecule has 74 valence electrons. The van der Waals surface area contributed by atoms with E-state index in [1.165, 1.54) is 13.0 Å². The topological polar surface area (TPSA) is 79.3 Å². The van der Waals surface area contributed by atoms with E-state index in [1.807, 2.05) is 0 Å². The summed E-state index contributed by atoms with van der Waals surface area (Å²) >= 11 is 5.68. The molecule has 2 N–H and O–H groups in total. The van der Waals surface area contributed by atoms with Gasteiger partial charge in [0.15, 0.2) is 5.82 Å². The van der Waals surface area contributed by atoms with Gasteiger partial charge < -0.3 is 10.4 Å². The maximum Gasteiger partial charge on any atom is 0.337 e. The second-order valence-corrected chi connectivity index (χ2v) is 2.95. The van der Waals surface area contributed by atoms with Crippen LogP contribution in [0, 0.1) is 0 Å². The minimum atomic E-state index is -1.12. The van der Waals surface area contributed by atoms with Crippen LogP contribution in [0.1, 0.15) is 17.3 Å². The molecule has 0 aromatic carbocycles. The van der Waals surface area contributed by atoms with E-state index in [4.69, 9.17) is 16.7 Å². The number of carbonyl (C=O) groups excluding carboxylic acids is 1. The lowest BCUT2D eigenvalue weighted by atomic mass is 10.3. The van der Waals surface area contributed by atoms with Gasteiger partial charge in [0.1, 0.15) is 0 Å². The molecule has 1 aromatic heterocycles. The van der Waals surface area contributed by atoms with Crippen LogP contribution in [0.4, 0.5) is 5.82 Å². The standard InChI is InChI=1S/C8H7ClN2O3/c1-4(12)11-7-6(9)2-5(3-10-7)8(13)14/h2-3H,1H3,(H,13,14)(H,10,11,12). The number of anilines is 1. The highest BCUT2D eigenvalue weighted by Crippen LogP contribution is 2.19. The molecule has 5 nitrogen and oxygen atoms in total. The average Bonchev–Trinajstić information content (AvgIpc) is 2.07. The van der Waals surface area contributed by atoms with Crippen molar-refractivity contribution >= 4 is 29.3 Å². The van der Waals surface area contributed by atoms with Gasteiger partial charge in [-0.2, -0.15) is 0 Å². The van der Waals surface area contributed by atoms with Gasteiger partial charge in [0, 0.05) is 13.1 Å². The number of hydrogen-bond donors (Lipinski definition) is 2. The van der Waals surface area contributed by atoms with E-state index in [1.54, 1.807) is 0 Å². The van der Waals surface area contributed by atoms with Crippen LogP contribution in [0.2, 0.25) is 5.02 Å². The van der Waals surface area contributed by atoms with Crippen LogP contribution in [0.25, 0.3) is 0 Å². The Morgan fingerprint density at radius 2 is 2.21 bits per heavy atom. The van der Waals surface area contributed by atoms with E-state index in [9.17, 15) is 9.59 Å². The summed E-state index contributed by atoms with van der Waals surface area (Å²) in [6.45, 7) is 1.31. The lowest BCUT2D eigenvalue weighted by Gasteiger charge is -2.03. The van der Waals surface area contributed by atoms with Gasteiger partial charge in [-0.15, -0.1) is 0 Å². The Morgan fingerprint density at radius 3 is 2.64 bits per heavy atom. The van der Waals surface area contributed by atoms with Gasteiger partial charge in [-0.25, -0.2) is 9.78 Å². The predicted octanol–water partition coefficient (Wildman–Crippen LogP) is 1.39. The van der Waals surface area contributed by atoms with Crippen molar-refractivity contribution in [2.75, 3.05) is 5.32 Å². The number of rotatable bonds is 2. The maximum absolute atomic E-state index is 10.7. The molecule has 0 radical (unpaired) electrons. The molecular formula is C8H7ClN2O3. The normalized spacial score (nSPS) is 9.57. The molecule has 0 fully saturated rings. The minimum Gasteiger partial charge on any atom is -0.478 e. The number of nitrogens with zero attached hydrogens (tertiary/aromatic N) is 1. The van der Waals surface area contributed by atoms with E-state index >= 15 is 0 Å². The molecule has 0 bridgehead atoms. The van der Waals surface area contributed by atoms with Crippen LogP contribution in [0.3, 0.4) is 0 Å². The Bertz CT molecular complexity index is 392. The fourth-order valence-corrected chi connectivity index (χ4v) is 1.03. The largest absolute Gasteiger partial charge is 0.478 e. The molecular weight excluding hydrogens is 208 g/mol. The summed E-state index contributed by atoms with van der Waals surface area (Å²) in [5.74, 6) is -1.28. The van der Waals surface area contributed by atoms with Crippen LogP contribution >= 0.6 is 11.6 Å². The number of carboxylic acid groups (broad SMARTS) is 1. The van der Waals surface area contributed by atoms with Crippen molar-refractivity contribution in [3.8, 4) is 0 Å². The third-order valence-electron chi connectivity index (χ3n) is 1.38. The maximum atomic E-state index is 10.7. The number of carboxylic acids is 1. The summed E-state index contributed by atoms with van der Waals surface area (Å²) in [5, 5.41) is 11.1. The van der Waals surface area contributed by atoms with Crippen molar-refractivity contribution in [3.05, 3.63) is 22.8 Å². The highest BCUT2D eigenvalue weighted by molar-refractivity contribution is 6.33. The molecule has 0 aliphatic carbocycles. The molecule has 14 heavy (non-hydrogen) atoms. The Morgan fingerprint density at radius 1 is 1.57 bits per heavy atom. The average molecular weight is 215 g/mol. The van der Waals surface area contributed by atoms with Crippen molar-refractivity contribution in [2.45, 2.75) is 6.92 Å². The van der Waals surface area contributed by atoms with Crippen LogP contribution < -0.4 is 5.32 Å². The van der Waals surface area contributed by atoms with Gasteiger partial charge in [0.05, 0.1) is 10.6 Å².